The minimum Gasteiger partial charge on any atom is -0.409 e. The minimum atomic E-state index is -0.702. The lowest BCUT2D eigenvalue weighted by Gasteiger charge is -2.09. The first-order valence-electron chi connectivity index (χ1n) is 4.39. The Morgan fingerprint density at radius 1 is 1.50 bits per heavy atom. The SMILES string of the molecule is NC(CCNc1c(F)cc(F)cc1Br)=NO. The summed E-state index contributed by atoms with van der Waals surface area (Å²) in [6.07, 6.45) is 0.250. The second-order valence-corrected chi connectivity index (χ2v) is 3.87. The van der Waals surface area contributed by atoms with Gasteiger partial charge in [-0.25, -0.2) is 8.78 Å². The number of amidine groups is 1. The lowest BCUT2D eigenvalue weighted by Crippen LogP contribution is -2.17. The molecule has 0 amide bonds. The van der Waals surface area contributed by atoms with E-state index in [2.05, 4.69) is 26.4 Å². The van der Waals surface area contributed by atoms with Gasteiger partial charge in [0.1, 0.15) is 17.5 Å². The summed E-state index contributed by atoms with van der Waals surface area (Å²) in [5.41, 5.74) is 5.38. The molecule has 0 radical (unpaired) electrons. The van der Waals surface area contributed by atoms with Crippen molar-refractivity contribution < 1.29 is 14.0 Å². The number of rotatable bonds is 4. The van der Waals surface area contributed by atoms with Crippen molar-refractivity contribution in [1.82, 2.24) is 0 Å². The van der Waals surface area contributed by atoms with Crippen molar-refractivity contribution >= 4 is 27.5 Å². The molecule has 0 fully saturated rings. The quantitative estimate of drug-likeness (QED) is 0.345. The van der Waals surface area contributed by atoms with Crippen molar-refractivity contribution in [1.29, 1.82) is 0 Å². The van der Waals surface area contributed by atoms with Gasteiger partial charge in [-0.05, 0) is 22.0 Å². The van der Waals surface area contributed by atoms with Crippen molar-refractivity contribution in [2.75, 3.05) is 11.9 Å². The Balaban J connectivity index is 2.67. The van der Waals surface area contributed by atoms with Gasteiger partial charge in [0.25, 0.3) is 0 Å². The lowest BCUT2D eigenvalue weighted by atomic mass is 10.3. The first-order valence-corrected chi connectivity index (χ1v) is 5.18. The van der Waals surface area contributed by atoms with Crippen molar-refractivity contribution in [3.8, 4) is 0 Å². The van der Waals surface area contributed by atoms with Gasteiger partial charge in [0, 0.05) is 23.5 Å². The highest BCUT2D eigenvalue weighted by Gasteiger charge is 2.08. The van der Waals surface area contributed by atoms with Crippen LogP contribution in [0.1, 0.15) is 6.42 Å². The minimum absolute atomic E-state index is 0.0335. The molecular formula is C9H10BrF2N3O. The van der Waals surface area contributed by atoms with E-state index in [9.17, 15) is 8.78 Å². The van der Waals surface area contributed by atoms with Crippen LogP contribution in [0.25, 0.3) is 0 Å². The average Bonchev–Trinajstić information content (AvgIpc) is 2.21. The van der Waals surface area contributed by atoms with Crippen LogP contribution in [0.3, 0.4) is 0 Å². The van der Waals surface area contributed by atoms with Crippen LogP contribution < -0.4 is 11.1 Å². The van der Waals surface area contributed by atoms with E-state index in [0.717, 1.165) is 12.1 Å². The van der Waals surface area contributed by atoms with Crippen LogP contribution in [0.4, 0.5) is 14.5 Å². The molecule has 7 heteroatoms. The summed E-state index contributed by atoms with van der Waals surface area (Å²) in [7, 11) is 0. The van der Waals surface area contributed by atoms with Crippen LogP contribution in [-0.2, 0) is 0 Å². The third-order valence-electron chi connectivity index (χ3n) is 1.82. The Morgan fingerprint density at radius 3 is 2.75 bits per heavy atom. The summed E-state index contributed by atoms with van der Waals surface area (Å²) in [6, 6.07) is 1.92. The highest BCUT2D eigenvalue weighted by molar-refractivity contribution is 9.10. The van der Waals surface area contributed by atoms with Crippen LogP contribution in [0.5, 0.6) is 0 Å². The second-order valence-electron chi connectivity index (χ2n) is 3.01. The van der Waals surface area contributed by atoms with Gasteiger partial charge in [-0.1, -0.05) is 5.16 Å². The van der Waals surface area contributed by atoms with E-state index in [-0.39, 0.29) is 29.0 Å². The van der Waals surface area contributed by atoms with E-state index in [0.29, 0.717) is 0 Å². The van der Waals surface area contributed by atoms with Crippen LogP contribution in [0, 0.1) is 11.6 Å². The maximum atomic E-state index is 13.3. The summed E-state index contributed by atoms with van der Waals surface area (Å²) in [5, 5.41) is 13.8. The van der Waals surface area contributed by atoms with Crippen LogP contribution in [0.15, 0.2) is 21.8 Å². The zero-order valence-electron chi connectivity index (χ0n) is 8.17. The maximum Gasteiger partial charge on any atom is 0.150 e. The first-order chi connectivity index (χ1) is 7.54. The number of nitrogens with zero attached hydrogens (tertiary/aromatic N) is 1. The van der Waals surface area contributed by atoms with Gasteiger partial charge in [0.2, 0.25) is 0 Å². The fourth-order valence-corrected chi connectivity index (χ4v) is 1.62. The lowest BCUT2D eigenvalue weighted by molar-refractivity contribution is 0.317. The van der Waals surface area contributed by atoms with Gasteiger partial charge >= 0.3 is 0 Å². The van der Waals surface area contributed by atoms with Gasteiger partial charge in [-0.2, -0.15) is 0 Å². The largest absolute Gasteiger partial charge is 0.409 e. The number of halogens is 3. The zero-order chi connectivity index (χ0) is 12.1. The molecule has 0 aliphatic rings. The monoisotopic (exact) mass is 293 g/mol. The standard InChI is InChI=1S/C9H10BrF2N3O/c10-6-3-5(11)4-7(12)9(6)14-2-1-8(13)15-16/h3-4,14,16H,1-2H2,(H2,13,15). The fourth-order valence-electron chi connectivity index (χ4n) is 1.08. The number of oxime groups is 1. The molecule has 0 spiro atoms. The third kappa shape index (κ3) is 3.34. The number of nitrogens with one attached hydrogen (secondary N) is 1. The van der Waals surface area contributed by atoms with E-state index in [1.165, 1.54) is 0 Å². The molecule has 1 aromatic carbocycles. The smallest absolute Gasteiger partial charge is 0.150 e. The number of hydrogen-bond acceptors (Lipinski definition) is 3. The number of anilines is 1. The molecule has 0 heterocycles. The van der Waals surface area contributed by atoms with Crippen molar-refractivity contribution in [3.05, 3.63) is 28.2 Å². The van der Waals surface area contributed by atoms with E-state index in [1.807, 2.05) is 0 Å². The molecule has 88 valence electrons. The predicted octanol–water partition coefficient (Wildman–Crippen LogP) is 2.28. The molecule has 0 atom stereocenters. The molecule has 4 nitrogen and oxygen atoms in total. The first kappa shape index (κ1) is 12.7. The summed E-state index contributed by atoms with van der Waals surface area (Å²) in [6.45, 7) is 0.275. The van der Waals surface area contributed by atoms with Gasteiger partial charge in [-0.3, -0.25) is 0 Å². The summed E-state index contributed by atoms with van der Waals surface area (Å²) in [5.74, 6) is -1.33. The van der Waals surface area contributed by atoms with Crippen molar-refractivity contribution in [2.45, 2.75) is 6.42 Å². The van der Waals surface area contributed by atoms with E-state index in [1.54, 1.807) is 0 Å². The molecule has 1 aromatic rings. The third-order valence-corrected chi connectivity index (χ3v) is 2.44. The molecule has 0 unspecified atom stereocenters. The molecule has 0 aromatic heterocycles. The summed E-state index contributed by atoms with van der Waals surface area (Å²) >= 11 is 3.03. The second kappa shape index (κ2) is 5.64. The highest BCUT2D eigenvalue weighted by Crippen LogP contribution is 2.26. The Bertz CT molecular complexity index is 389. The van der Waals surface area contributed by atoms with Crippen LogP contribution in [0.2, 0.25) is 0 Å². The molecule has 0 saturated carbocycles. The topological polar surface area (TPSA) is 70.6 Å². The average molecular weight is 294 g/mol. The zero-order valence-corrected chi connectivity index (χ0v) is 9.76. The molecule has 0 aliphatic heterocycles. The number of hydrogen-bond donors (Lipinski definition) is 3. The predicted molar refractivity (Wildman–Crippen MR) is 60.6 cm³/mol. The molecule has 1 rings (SSSR count). The van der Waals surface area contributed by atoms with Gasteiger partial charge in [0.05, 0.1) is 5.69 Å². The molecular weight excluding hydrogens is 284 g/mol. The Morgan fingerprint density at radius 2 is 2.19 bits per heavy atom. The van der Waals surface area contributed by atoms with Gasteiger partial charge < -0.3 is 16.3 Å². The van der Waals surface area contributed by atoms with Gasteiger partial charge in [-0.15, -0.1) is 0 Å². The van der Waals surface area contributed by atoms with E-state index >= 15 is 0 Å². The molecule has 16 heavy (non-hydrogen) atoms. The van der Waals surface area contributed by atoms with E-state index < -0.39 is 11.6 Å². The fraction of sp³-hybridized carbons (Fsp3) is 0.222. The Hall–Kier alpha value is -1.37. The Labute approximate surface area is 99.3 Å². The number of nitrogens with two attached hydrogens (primary N) is 1. The highest BCUT2D eigenvalue weighted by atomic mass is 79.9. The molecule has 0 aliphatic carbocycles. The number of benzene rings is 1. The summed E-state index contributed by atoms with van der Waals surface area (Å²) in [4.78, 5) is 0. The molecule has 4 N–H and O–H groups in total. The maximum absolute atomic E-state index is 13.3. The van der Waals surface area contributed by atoms with Crippen molar-refractivity contribution in [2.24, 2.45) is 10.9 Å². The van der Waals surface area contributed by atoms with E-state index in [4.69, 9.17) is 10.9 Å². The van der Waals surface area contributed by atoms with Crippen LogP contribution in [-0.4, -0.2) is 17.6 Å². The summed E-state index contributed by atoms with van der Waals surface area (Å²) < 4.78 is 26.3. The van der Waals surface area contributed by atoms with Gasteiger partial charge in [0.15, 0.2) is 0 Å². The Kier molecular flexibility index (Phi) is 4.48. The molecule has 0 saturated heterocycles. The molecule has 0 bridgehead atoms. The van der Waals surface area contributed by atoms with Crippen molar-refractivity contribution in [3.63, 3.8) is 0 Å². The van der Waals surface area contributed by atoms with Crippen LogP contribution >= 0.6 is 15.9 Å². The normalized spacial score (nSPS) is 11.6.